The highest BCUT2D eigenvalue weighted by Crippen LogP contribution is 2.22. The Morgan fingerprint density at radius 1 is 1.21 bits per heavy atom. The van der Waals surface area contributed by atoms with Gasteiger partial charge < -0.3 is 15.8 Å². The minimum absolute atomic E-state index is 0.118. The summed E-state index contributed by atoms with van der Waals surface area (Å²) in [5.74, 6) is -0.607. The largest absolute Gasteiger partial charge is 0.380 e. The van der Waals surface area contributed by atoms with Gasteiger partial charge in [0, 0.05) is 26.7 Å². The number of fused-ring (bicyclic) bond motifs is 1. The van der Waals surface area contributed by atoms with Gasteiger partial charge in [-0.1, -0.05) is 12.1 Å². The zero-order chi connectivity index (χ0) is 17.5. The quantitative estimate of drug-likeness (QED) is 0.507. The Morgan fingerprint density at radius 2 is 1.83 bits per heavy atom. The van der Waals surface area contributed by atoms with Crippen molar-refractivity contribution in [1.82, 2.24) is 10.2 Å². The van der Waals surface area contributed by atoms with Crippen LogP contribution in [0.1, 0.15) is 40.0 Å². The predicted molar refractivity (Wildman–Crippen MR) is 88.5 cm³/mol. The van der Waals surface area contributed by atoms with Gasteiger partial charge in [0.1, 0.15) is 0 Å². The Morgan fingerprint density at radius 3 is 2.38 bits per heavy atom. The summed E-state index contributed by atoms with van der Waals surface area (Å²) in [7, 11) is 1.52. The number of rotatable bonds is 9. The number of carbonyl (C=O) groups excluding carboxylic acids is 3. The highest BCUT2D eigenvalue weighted by Gasteiger charge is 2.34. The molecule has 0 fully saturated rings. The molecule has 1 aromatic rings. The summed E-state index contributed by atoms with van der Waals surface area (Å²) < 4.78 is 5.05. The third kappa shape index (κ3) is 4.18. The zero-order valence-electron chi connectivity index (χ0n) is 13.8. The number of methoxy groups -OCH3 is 1. The van der Waals surface area contributed by atoms with Gasteiger partial charge in [0.05, 0.1) is 23.7 Å². The molecule has 0 radical (unpaired) electrons. The van der Waals surface area contributed by atoms with Gasteiger partial charge in [0.15, 0.2) is 0 Å². The van der Waals surface area contributed by atoms with Gasteiger partial charge in [-0.3, -0.25) is 19.3 Å². The van der Waals surface area contributed by atoms with Gasteiger partial charge in [0.2, 0.25) is 5.91 Å². The lowest BCUT2D eigenvalue weighted by molar-refractivity contribution is -0.123. The third-order valence-electron chi connectivity index (χ3n) is 4.02. The van der Waals surface area contributed by atoms with Crippen molar-refractivity contribution in [3.63, 3.8) is 0 Å². The number of nitrogens with one attached hydrogen (secondary N) is 1. The maximum Gasteiger partial charge on any atom is 0.261 e. The van der Waals surface area contributed by atoms with Crippen molar-refractivity contribution in [3.05, 3.63) is 35.4 Å². The standard InChI is InChI=1S/C17H23N3O4/c1-24-12(11-18)10-15(21)19-8-4-5-9-20-16(22)13-6-2-3-7-14(13)17(20)23/h2-3,6-7,12H,4-5,8-11,18H2,1H3,(H,19,21). The Labute approximate surface area is 141 Å². The molecular weight excluding hydrogens is 310 g/mol. The molecule has 0 spiro atoms. The second kappa shape index (κ2) is 8.56. The van der Waals surface area contributed by atoms with E-state index in [0.717, 1.165) is 0 Å². The summed E-state index contributed by atoms with van der Waals surface area (Å²) in [5, 5.41) is 2.78. The van der Waals surface area contributed by atoms with Crippen LogP contribution in [0.4, 0.5) is 0 Å². The molecule has 0 saturated carbocycles. The number of benzene rings is 1. The molecule has 3 amide bonds. The van der Waals surface area contributed by atoms with Crippen LogP contribution >= 0.6 is 0 Å². The Kier molecular flexibility index (Phi) is 6.45. The van der Waals surface area contributed by atoms with Crippen LogP contribution in [0.3, 0.4) is 0 Å². The molecule has 1 aromatic carbocycles. The topological polar surface area (TPSA) is 102 Å². The third-order valence-corrected chi connectivity index (χ3v) is 4.02. The number of hydrogen-bond acceptors (Lipinski definition) is 5. The van der Waals surface area contributed by atoms with E-state index in [2.05, 4.69) is 5.32 Å². The fraction of sp³-hybridized carbons (Fsp3) is 0.471. The first-order chi connectivity index (χ1) is 11.6. The summed E-state index contributed by atoms with van der Waals surface area (Å²) in [6, 6.07) is 6.83. The first kappa shape index (κ1) is 18.1. The van der Waals surface area contributed by atoms with E-state index < -0.39 is 0 Å². The maximum atomic E-state index is 12.2. The Hall–Kier alpha value is -2.25. The fourth-order valence-electron chi connectivity index (χ4n) is 2.61. The minimum Gasteiger partial charge on any atom is -0.380 e. The van der Waals surface area contributed by atoms with Gasteiger partial charge in [-0.15, -0.1) is 0 Å². The number of ether oxygens (including phenoxy) is 1. The molecule has 0 aromatic heterocycles. The summed E-state index contributed by atoms with van der Waals surface area (Å²) in [5.41, 5.74) is 6.39. The monoisotopic (exact) mass is 333 g/mol. The Bertz CT molecular complexity index is 579. The van der Waals surface area contributed by atoms with Gasteiger partial charge in [-0.05, 0) is 25.0 Å². The molecule has 7 nitrogen and oxygen atoms in total. The summed E-state index contributed by atoms with van der Waals surface area (Å²) in [4.78, 5) is 37.3. The first-order valence-corrected chi connectivity index (χ1v) is 8.03. The van der Waals surface area contributed by atoms with Crippen LogP contribution in [-0.2, 0) is 9.53 Å². The van der Waals surface area contributed by atoms with E-state index in [1.165, 1.54) is 12.0 Å². The zero-order valence-corrected chi connectivity index (χ0v) is 13.8. The number of hydrogen-bond donors (Lipinski definition) is 2. The molecule has 0 aliphatic carbocycles. The second-order valence-corrected chi connectivity index (χ2v) is 5.66. The molecule has 130 valence electrons. The van der Waals surface area contributed by atoms with Crippen LogP contribution < -0.4 is 11.1 Å². The number of carbonyl (C=O) groups is 3. The van der Waals surface area contributed by atoms with Crippen molar-refractivity contribution in [2.75, 3.05) is 26.7 Å². The van der Waals surface area contributed by atoms with Crippen LogP contribution in [0, 0.1) is 0 Å². The number of imide groups is 1. The summed E-state index contributed by atoms with van der Waals surface area (Å²) >= 11 is 0. The average molecular weight is 333 g/mol. The van der Waals surface area contributed by atoms with Gasteiger partial charge in [-0.2, -0.15) is 0 Å². The van der Waals surface area contributed by atoms with Crippen molar-refractivity contribution in [2.45, 2.75) is 25.4 Å². The van der Waals surface area contributed by atoms with E-state index in [0.29, 0.717) is 43.6 Å². The predicted octanol–water partition coefficient (Wildman–Crippen LogP) is 0.543. The van der Waals surface area contributed by atoms with E-state index in [1.807, 2.05) is 0 Å². The van der Waals surface area contributed by atoms with Crippen molar-refractivity contribution in [2.24, 2.45) is 5.73 Å². The molecule has 1 atom stereocenters. The lowest BCUT2D eigenvalue weighted by Crippen LogP contribution is -2.33. The van der Waals surface area contributed by atoms with E-state index in [4.69, 9.17) is 10.5 Å². The highest BCUT2D eigenvalue weighted by atomic mass is 16.5. The smallest absolute Gasteiger partial charge is 0.261 e. The Balaban J connectivity index is 1.70. The molecular formula is C17H23N3O4. The first-order valence-electron chi connectivity index (χ1n) is 8.03. The SMILES string of the molecule is COC(CN)CC(=O)NCCCCN1C(=O)c2ccccc2C1=O. The fourth-order valence-corrected chi connectivity index (χ4v) is 2.61. The second-order valence-electron chi connectivity index (χ2n) is 5.66. The molecule has 7 heteroatoms. The van der Waals surface area contributed by atoms with E-state index >= 15 is 0 Å². The normalized spacial score (nSPS) is 14.7. The molecule has 0 bridgehead atoms. The van der Waals surface area contributed by atoms with E-state index in [-0.39, 0.29) is 30.2 Å². The van der Waals surface area contributed by atoms with Crippen molar-refractivity contribution < 1.29 is 19.1 Å². The molecule has 3 N–H and O–H groups in total. The van der Waals surface area contributed by atoms with Crippen LogP contribution in [0.25, 0.3) is 0 Å². The summed E-state index contributed by atoms with van der Waals surface area (Å²) in [6.45, 7) is 1.14. The molecule has 1 unspecified atom stereocenters. The van der Waals surface area contributed by atoms with Crippen molar-refractivity contribution in [3.8, 4) is 0 Å². The molecule has 1 heterocycles. The maximum absolute atomic E-state index is 12.2. The van der Waals surface area contributed by atoms with Gasteiger partial charge >= 0.3 is 0 Å². The lowest BCUT2D eigenvalue weighted by Gasteiger charge is -2.14. The van der Waals surface area contributed by atoms with Crippen LogP contribution in [0.2, 0.25) is 0 Å². The van der Waals surface area contributed by atoms with E-state index in [9.17, 15) is 14.4 Å². The minimum atomic E-state index is -0.275. The lowest BCUT2D eigenvalue weighted by atomic mass is 10.1. The van der Waals surface area contributed by atoms with Gasteiger partial charge in [0.25, 0.3) is 11.8 Å². The number of unbranched alkanes of at least 4 members (excludes halogenated alkanes) is 1. The van der Waals surface area contributed by atoms with Crippen LogP contribution in [0.5, 0.6) is 0 Å². The molecule has 2 rings (SSSR count). The molecule has 24 heavy (non-hydrogen) atoms. The average Bonchev–Trinajstić information content (AvgIpc) is 2.84. The van der Waals surface area contributed by atoms with Gasteiger partial charge in [-0.25, -0.2) is 0 Å². The van der Waals surface area contributed by atoms with Crippen molar-refractivity contribution in [1.29, 1.82) is 0 Å². The van der Waals surface area contributed by atoms with Crippen LogP contribution in [-0.4, -0.2) is 55.5 Å². The van der Waals surface area contributed by atoms with E-state index in [1.54, 1.807) is 24.3 Å². The highest BCUT2D eigenvalue weighted by molar-refractivity contribution is 6.21. The van der Waals surface area contributed by atoms with Crippen LogP contribution in [0.15, 0.2) is 24.3 Å². The number of nitrogens with zero attached hydrogens (tertiary/aromatic N) is 1. The molecule has 0 saturated heterocycles. The number of amides is 3. The molecule has 1 aliphatic rings. The summed E-state index contributed by atoms with van der Waals surface area (Å²) in [6.07, 6.45) is 1.27. The molecule has 1 aliphatic heterocycles. The van der Waals surface area contributed by atoms with Crippen molar-refractivity contribution >= 4 is 17.7 Å². The number of nitrogens with two attached hydrogens (primary N) is 1.